The molecule has 1 aliphatic rings. The number of hydrogen-bond donors (Lipinski definition) is 0. The lowest BCUT2D eigenvalue weighted by Gasteiger charge is -2.30. The van der Waals surface area contributed by atoms with Crippen molar-refractivity contribution in [2.24, 2.45) is 0 Å². The molecule has 19 heavy (non-hydrogen) atoms. The number of benzene rings is 1. The van der Waals surface area contributed by atoms with E-state index >= 15 is 0 Å². The summed E-state index contributed by atoms with van der Waals surface area (Å²) in [6.45, 7) is 5.13. The van der Waals surface area contributed by atoms with Crippen LogP contribution in [0.4, 0.5) is 4.39 Å². The Hall–Kier alpha value is -1.40. The molecule has 0 aliphatic carbocycles. The third-order valence-corrected chi connectivity index (χ3v) is 4.25. The third-order valence-electron chi connectivity index (χ3n) is 3.23. The summed E-state index contributed by atoms with van der Waals surface area (Å²) in [4.78, 5) is 2.34. The maximum Gasteiger partial charge on any atom is 0.193 e. The fraction of sp³-hybridized carbons (Fsp3) is 0.385. The van der Waals surface area contributed by atoms with Crippen LogP contribution in [0.5, 0.6) is 0 Å². The summed E-state index contributed by atoms with van der Waals surface area (Å²) < 4.78 is 15.1. The molecular formula is C13H15FN4S. The van der Waals surface area contributed by atoms with Gasteiger partial charge in [-0.15, -0.1) is 10.2 Å². The summed E-state index contributed by atoms with van der Waals surface area (Å²) in [5.41, 5.74) is 0.895. The molecule has 1 aliphatic heterocycles. The van der Waals surface area contributed by atoms with Gasteiger partial charge in [0.2, 0.25) is 0 Å². The molecule has 2 heterocycles. The molecule has 0 unspecified atom stereocenters. The average molecular weight is 278 g/mol. The Labute approximate surface area is 115 Å². The van der Waals surface area contributed by atoms with Crippen LogP contribution in [0.15, 0.2) is 29.4 Å². The number of thioether (sulfide) groups is 1. The van der Waals surface area contributed by atoms with E-state index in [1.54, 1.807) is 23.9 Å². The van der Waals surface area contributed by atoms with Gasteiger partial charge in [0.15, 0.2) is 11.0 Å². The van der Waals surface area contributed by atoms with Crippen LogP contribution in [0.2, 0.25) is 0 Å². The molecule has 2 aromatic rings. The second-order valence-electron chi connectivity index (χ2n) is 4.84. The smallest absolute Gasteiger partial charge is 0.193 e. The van der Waals surface area contributed by atoms with Crippen molar-refractivity contribution >= 4 is 11.8 Å². The summed E-state index contributed by atoms with van der Waals surface area (Å²) in [6, 6.07) is 6.86. The highest BCUT2D eigenvalue weighted by atomic mass is 32.2. The molecule has 0 saturated heterocycles. The molecule has 0 spiro atoms. The summed E-state index contributed by atoms with van der Waals surface area (Å²) in [7, 11) is 0. The Balaban J connectivity index is 1.97. The lowest BCUT2D eigenvalue weighted by Crippen LogP contribution is -2.35. The first-order valence-corrected chi connectivity index (χ1v) is 7.19. The normalized spacial score (nSPS) is 15.8. The van der Waals surface area contributed by atoms with E-state index in [9.17, 15) is 4.39 Å². The molecule has 100 valence electrons. The minimum absolute atomic E-state index is 0.236. The molecule has 0 saturated carbocycles. The molecular weight excluding hydrogens is 263 g/mol. The molecule has 0 amide bonds. The minimum atomic E-state index is -0.236. The van der Waals surface area contributed by atoms with E-state index in [0.29, 0.717) is 6.04 Å². The van der Waals surface area contributed by atoms with Gasteiger partial charge >= 0.3 is 0 Å². The van der Waals surface area contributed by atoms with E-state index in [-0.39, 0.29) is 5.82 Å². The Bertz CT molecular complexity index is 579. The lowest BCUT2D eigenvalue weighted by molar-refractivity contribution is 0.193. The molecule has 0 radical (unpaired) electrons. The number of hydrogen-bond acceptors (Lipinski definition) is 4. The van der Waals surface area contributed by atoms with Crippen LogP contribution in [-0.4, -0.2) is 31.6 Å². The monoisotopic (exact) mass is 278 g/mol. The number of halogens is 1. The zero-order chi connectivity index (χ0) is 13.4. The molecule has 0 fully saturated rings. The third kappa shape index (κ3) is 2.37. The zero-order valence-corrected chi connectivity index (χ0v) is 11.7. The molecule has 6 heteroatoms. The van der Waals surface area contributed by atoms with Gasteiger partial charge in [-0.25, -0.2) is 4.39 Å². The SMILES string of the molecule is CC(C)N1CSc2nnc(-c3ccc(F)cc3)n2C1. The second-order valence-corrected chi connectivity index (χ2v) is 5.75. The van der Waals surface area contributed by atoms with Gasteiger partial charge in [0.25, 0.3) is 0 Å². The first-order valence-electron chi connectivity index (χ1n) is 6.21. The van der Waals surface area contributed by atoms with Gasteiger partial charge in [0.1, 0.15) is 5.82 Å². The van der Waals surface area contributed by atoms with Crippen molar-refractivity contribution in [3.05, 3.63) is 30.1 Å². The van der Waals surface area contributed by atoms with Crippen LogP contribution in [-0.2, 0) is 6.67 Å². The zero-order valence-electron chi connectivity index (χ0n) is 10.9. The van der Waals surface area contributed by atoms with Gasteiger partial charge in [0.05, 0.1) is 12.5 Å². The van der Waals surface area contributed by atoms with Crippen molar-refractivity contribution in [3.63, 3.8) is 0 Å². The summed E-state index contributed by atoms with van der Waals surface area (Å²) >= 11 is 1.68. The number of fused-ring (bicyclic) bond motifs is 1. The highest BCUT2D eigenvalue weighted by Crippen LogP contribution is 2.29. The van der Waals surface area contributed by atoms with Gasteiger partial charge in [-0.1, -0.05) is 11.8 Å². The molecule has 1 aromatic carbocycles. The molecule has 0 N–H and O–H groups in total. The van der Waals surface area contributed by atoms with Crippen molar-refractivity contribution in [2.45, 2.75) is 31.7 Å². The number of nitrogens with zero attached hydrogens (tertiary/aromatic N) is 4. The maximum absolute atomic E-state index is 13.0. The van der Waals surface area contributed by atoms with Crippen molar-refractivity contribution in [1.82, 2.24) is 19.7 Å². The van der Waals surface area contributed by atoms with Crippen LogP contribution < -0.4 is 0 Å². The highest BCUT2D eigenvalue weighted by Gasteiger charge is 2.23. The Kier molecular flexibility index (Phi) is 3.28. The van der Waals surface area contributed by atoms with Crippen molar-refractivity contribution in [1.29, 1.82) is 0 Å². The fourth-order valence-electron chi connectivity index (χ4n) is 2.01. The van der Waals surface area contributed by atoms with E-state index in [4.69, 9.17) is 0 Å². The predicted octanol–water partition coefficient (Wildman–Crippen LogP) is 2.82. The van der Waals surface area contributed by atoms with Crippen LogP contribution in [0.3, 0.4) is 0 Å². The van der Waals surface area contributed by atoms with Crippen LogP contribution in [0.1, 0.15) is 13.8 Å². The van der Waals surface area contributed by atoms with E-state index in [1.807, 2.05) is 0 Å². The van der Waals surface area contributed by atoms with Gasteiger partial charge in [-0.2, -0.15) is 0 Å². The van der Waals surface area contributed by atoms with Crippen molar-refractivity contribution < 1.29 is 4.39 Å². The molecule has 4 nitrogen and oxygen atoms in total. The van der Waals surface area contributed by atoms with Crippen LogP contribution in [0.25, 0.3) is 11.4 Å². The Morgan fingerprint density at radius 1 is 1.21 bits per heavy atom. The largest absolute Gasteiger partial charge is 0.288 e. The first-order chi connectivity index (χ1) is 9.15. The van der Waals surface area contributed by atoms with Gasteiger partial charge in [-0.3, -0.25) is 9.47 Å². The second kappa shape index (κ2) is 4.94. The molecule has 0 bridgehead atoms. The molecule has 3 rings (SSSR count). The summed E-state index contributed by atoms with van der Waals surface area (Å²) in [5, 5.41) is 9.37. The average Bonchev–Trinajstić information content (AvgIpc) is 2.82. The predicted molar refractivity (Wildman–Crippen MR) is 73.1 cm³/mol. The summed E-state index contributed by atoms with van der Waals surface area (Å²) in [6.07, 6.45) is 0. The summed E-state index contributed by atoms with van der Waals surface area (Å²) in [5.74, 6) is 1.49. The van der Waals surface area contributed by atoms with E-state index in [2.05, 4.69) is 33.5 Å². The lowest BCUT2D eigenvalue weighted by atomic mass is 10.2. The number of rotatable bonds is 2. The minimum Gasteiger partial charge on any atom is -0.288 e. The Morgan fingerprint density at radius 3 is 2.63 bits per heavy atom. The quantitative estimate of drug-likeness (QED) is 0.846. The van der Waals surface area contributed by atoms with E-state index in [0.717, 1.165) is 29.1 Å². The van der Waals surface area contributed by atoms with Crippen molar-refractivity contribution in [3.8, 4) is 11.4 Å². The highest BCUT2D eigenvalue weighted by molar-refractivity contribution is 7.99. The van der Waals surface area contributed by atoms with Gasteiger partial charge in [-0.05, 0) is 38.1 Å². The van der Waals surface area contributed by atoms with Gasteiger partial charge < -0.3 is 0 Å². The van der Waals surface area contributed by atoms with Crippen LogP contribution >= 0.6 is 11.8 Å². The standard InChI is InChI=1S/C13H15FN4S/c1-9(2)17-7-18-12(15-16-13(18)19-8-17)10-3-5-11(14)6-4-10/h3-6,9H,7-8H2,1-2H3. The van der Waals surface area contributed by atoms with Crippen molar-refractivity contribution in [2.75, 3.05) is 5.88 Å². The van der Waals surface area contributed by atoms with Crippen LogP contribution in [0, 0.1) is 5.82 Å². The Morgan fingerprint density at radius 2 is 1.95 bits per heavy atom. The van der Waals surface area contributed by atoms with E-state index < -0.39 is 0 Å². The molecule has 1 aromatic heterocycles. The molecule has 0 atom stereocenters. The fourth-order valence-corrected chi connectivity index (χ4v) is 3.07. The first kappa shape index (κ1) is 12.6. The van der Waals surface area contributed by atoms with E-state index in [1.165, 1.54) is 12.1 Å². The number of aromatic nitrogens is 3. The van der Waals surface area contributed by atoms with Gasteiger partial charge in [0, 0.05) is 11.6 Å². The topological polar surface area (TPSA) is 34.0 Å². The maximum atomic E-state index is 13.0.